The molecule has 15 aromatic rings. The Morgan fingerprint density at radius 2 is 0.642 bits per heavy atom. The van der Waals surface area contributed by atoms with Crippen LogP contribution in [0.5, 0.6) is 0 Å². The average Bonchev–Trinajstić information content (AvgIpc) is 1.82. The molecule has 6 N–H and O–H groups in total. The number of nitrogens with one attached hydrogen (secondary N) is 5. The van der Waals surface area contributed by atoms with E-state index < -0.39 is 0 Å². The second kappa shape index (κ2) is 48.1. The molecule has 0 aromatic carbocycles. The molecule has 42 heteroatoms. The van der Waals surface area contributed by atoms with E-state index in [1.54, 1.807) is 100 Å². The third-order valence-electron chi connectivity index (χ3n) is 23.5. The smallest absolute Gasteiger partial charge is 0.188 e. The third kappa shape index (κ3) is 27.7. The van der Waals surface area contributed by atoms with Gasteiger partial charge in [-0.2, -0.15) is 0 Å². The zero-order chi connectivity index (χ0) is 94.8. The molecule has 0 amide bonds. The van der Waals surface area contributed by atoms with Crippen LogP contribution in [-0.2, 0) is 0 Å². The number of nitrogens with zero attached hydrogens (tertiary/aromatic N) is 31. The van der Waals surface area contributed by atoms with Crippen LogP contribution in [0, 0.1) is 34.6 Å². The molecule has 0 saturated carbocycles. The predicted octanol–water partition coefficient (Wildman–Crippen LogP) is 14.7. The number of aliphatic hydroxyl groups excluding tert-OH is 1. The molecule has 5 fully saturated rings. The summed E-state index contributed by atoms with van der Waals surface area (Å²) in [4.78, 5) is 121. The van der Waals surface area contributed by atoms with Gasteiger partial charge < -0.3 is 75.8 Å². The van der Waals surface area contributed by atoms with Gasteiger partial charge in [0.25, 0.3) is 0 Å². The number of hydrogen-bond acceptors (Lipinski definition) is 42. The second-order valence-electron chi connectivity index (χ2n) is 33.2. The topological polar surface area (TPSA) is 383 Å². The fourth-order valence-corrected chi connectivity index (χ4v) is 20.0. The summed E-state index contributed by atoms with van der Waals surface area (Å²) in [5.74, 6) is 12.4. The molecule has 15 aromatic heterocycles. The van der Waals surface area contributed by atoms with E-state index in [1.165, 1.54) is 6.33 Å². The third-order valence-corrected chi connectivity index (χ3v) is 28.2. The van der Waals surface area contributed by atoms with Crippen molar-refractivity contribution < 1.29 is 5.11 Å². The maximum Gasteiger partial charge on any atom is 0.188 e. The molecule has 5 saturated heterocycles. The summed E-state index contributed by atoms with van der Waals surface area (Å²) < 4.78 is 0. The van der Waals surface area contributed by atoms with Crippen LogP contribution in [0.4, 0.5) is 83.8 Å². The highest BCUT2D eigenvalue weighted by molar-refractivity contribution is 7.20. The van der Waals surface area contributed by atoms with Gasteiger partial charge >= 0.3 is 0 Å². The number of β-amino-alcohol motifs (C(OH)–C–C–N with tert-alkyl or cyclic N) is 1. The van der Waals surface area contributed by atoms with Crippen LogP contribution in [0.1, 0.15) is 62.7 Å². The van der Waals surface area contributed by atoms with E-state index in [9.17, 15) is 0 Å². The van der Waals surface area contributed by atoms with Gasteiger partial charge in [-0.15, -0.1) is 11.3 Å². The van der Waals surface area contributed by atoms with Gasteiger partial charge in [-0.05, 0) is 123 Å². The Morgan fingerprint density at radius 3 is 0.971 bits per heavy atom. The summed E-state index contributed by atoms with van der Waals surface area (Å²) in [7, 11) is 4.32. The van der Waals surface area contributed by atoms with Crippen LogP contribution < -0.4 is 51.1 Å². The number of aromatic nitrogens is 21. The lowest BCUT2D eigenvalue weighted by Gasteiger charge is -2.35. The van der Waals surface area contributed by atoms with Gasteiger partial charge in [0.2, 0.25) is 0 Å². The van der Waals surface area contributed by atoms with Crippen molar-refractivity contribution in [1.82, 2.24) is 129 Å². The fourth-order valence-electron chi connectivity index (χ4n) is 16.1. The SMILES string of the molecule is CCN1CCN(c2cc(Nc3nc(-c4cccnc4)cs3)nc(C)n2)CC1.CCN1CCN(c2cc(Nc3ncc(-c4cccnc4)s3)nc(C)n2)CC1.CCN1CCN(c2cc(Nc3ncc(-c4cncnc4)s3)nc(C)n2)CC1.Cc1nc(Nc2ncc(-c3cccnc3)s2)cc(N2CCN(CCO)CC2)n1.Cc1nc(Nc2ncc(-c3ccncc3)s2)cc(N2CCC(N(C)C)CC2)n1. The Kier molecular flexibility index (Phi) is 34.1. The second-order valence-corrected chi connectivity index (χ2v) is 38.1. The highest BCUT2D eigenvalue weighted by Crippen LogP contribution is 2.37. The number of aryl methyl sites for hydroxylation is 5. The van der Waals surface area contributed by atoms with E-state index in [4.69, 9.17) is 5.11 Å². The standard InChI is InChI=1S/C20H25N7S.C19H23N7OS.2C19H23N7S.C18H22N8S/c1-14-23-18(12-19(24-14)27-10-6-16(7-11-27)26(2)3)25-20-22-13-17(28-20)15-4-8-21-9-5-15;1-14-22-17(11-18(23-14)26-7-5-25(6-8-26)9-10-27)24-19-21-13-16(28-19)15-3-2-4-20-12-15;1-3-25-7-9-26(10-8-25)18-11-17(21-14(2)22-18)24-19-23-16(13-27-19)15-5-4-6-20-12-15;1-3-25-7-9-26(10-8-25)18-11-17(22-14(2)23-18)24-19-21-13-16(27-19)15-5-4-6-20-12-15;1-3-25-4-6-26(7-5-25)17-8-16(22-13(2)23-17)24-18-21-11-15(27-18)14-9-19-12-20-10-14/h4-5,8-9,12-13,16H,6-7,10-11H2,1-3H3,(H,22,23,24,25);2-4,11-13,27H,5-10H2,1H3,(H,21,22,23,24);2*4-6,11-13H,3,7-10H2,1-2H3,(H,21,22,23,24);8-12H,3-7H2,1-2H3,(H,21,22,23,24). The molecule has 20 heterocycles. The first-order chi connectivity index (χ1) is 66.9. The molecule has 0 spiro atoms. The minimum atomic E-state index is 0.204. The van der Waals surface area contributed by atoms with Gasteiger partial charge in [0.05, 0.1) is 31.8 Å². The van der Waals surface area contributed by atoms with E-state index in [-0.39, 0.29) is 6.61 Å². The van der Waals surface area contributed by atoms with Crippen LogP contribution in [0.15, 0.2) is 177 Å². The Bertz CT molecular complexity index is 5890. The zero-order valence-corrected chi connectivity index (χ0v) is 82.9. The summed E-state index contributed by atoms with van der Waals surface area (Å²) in [5, 5.41) is 31.8. The Balaban J connectivity index is 0.000000124. The number of anilines is 15. The Morgan fingerprint density at radius 1 is 0.328 bits per heavy atom. The molecule has 137 heavy (non-hydrogen) atoms. The monoisotopic (exact) mass is 1940 g/mol. The molecule has 37 nitrogen and oxygen atoms in total. The van der Waals surface area contributed by atoms with Gasteiger partial charge in [-0.3, -0.25) is 24.8 Å². The number of pyridine rings is 4. The highest BCUT2D eigenvalue weighted by Gasteiger charge is 2.27. The van der Waals surface area contributed by atoms with Crippen molar-refractivity contribution in [3.63, 3.8) is 0 Å². The number of hydrogen-bond donors (Lipinski definition) is 6. The number of piperazine rings is 4. The number of aliphatic hydroxyl groups is 1. The molecule has 0 atom stereocenters. The quantitative estimate of drug-likeness (QED) is 0.0293. The van der Waals surface area contributed by atoms with Crippen molar-refractivity contribution in [3.05, 3.63) is 206 Å². The van der Waals surface area contributed by atoms with Gasteiger partial charge in [-0.1, -0.05) is 78.3 Å². The number of piperidine rings is 1. The van der Waals surface area contributed by atoms with Gasteiger partial charge in [0.1, 0.15) is 93.6 Å². The minimum Gasteiger partial charge on any atom is -0.395 e. The summed E-state index contributed by atoms with van der Waals surface area (Å²) in [6.07, 6.45) is 29.2. The van der Waals surface area contributed by atoms with E-state index >= 15 is 0 Å². The summed E-state index contributed by atoms with van der Waals surface area (Å²) in [6, 6.07) is 26.5. The lowest BCUT2D eigenvalue weighted by Crippen LogP contribution is -2.47. The van der Waals surface area contributed by atoms with Crippen molar-refractivity contribution in [2.75, 3.05) is 216 Å². The van der Waals surface area contributed by atoms with Crippen molar-refractivity contribution >= 4 is 141 Å². The summed E-state index contributed by atoms with van der Waals surface area (Å²) >= 11 is 7.87. The first-order valence-electron chi connectivity index (χ1n) is 46.1. The van der Waals surface area contributed by atoms with E-state index in [0.29, 0.717) is 6.04 Å². The molecule has 0 radical (unpaired) electrons. The van der Waals surface area contributed by atoms with E-state index in [2.05, 4.69) is 215 Å². The van der Waals surface area contributed by atoms with Crippen molar-refractivity contribution in [1.29, 1.82) is 0 Å². The van der Waals surface area contributed by atoms with Crippen molar-refractivity contribution in [2.24, 2.45) is 0 Å². The Hall–Kier alpha value is -13.0. The summed E-state index contributed by atoms with van der Waals surface area (Å²) in [5.41, 5.74) is 6.11. The molecular weight excluding hydrogens is 1820 g/mol. The molecule has 0 unspecified atom stereocenters. The molecule has 5 aliphatic rings. The van der Waals surface area contributed by atoms with Crippen LogP contribution in [0.2, 0.25) is 0 Å². The first kappa shape index (κ1) is 97.1. The van der Waals surface area contributed by atoms with E-state index in [0.717, 1.165) is 323 Å². The van der Waals surface area contributed by atoms with Crippen LogP contribution >= 0.6 is 56.7 Å². The number of rotatable bonds is 26. The fraction of sp³-hybridized carbons (Fsp3) is 0.379. The lowest BCUT2D eigenvalue weighted by molar-refractivity contribution is 0.188. The highest BCUT2D eigenvalue weighted by atomic mass is 32.1. The minimum absolute atomic E-state index is 0.204. The maximum atomic E-state index is 9.10. The van der Waals surface area contributed by atoms with Crippen molar-refractivity contribution in [3.8, 4) is 53.0 Å². The van der Waals surface area contributed by atoms with Gasteiger partial charge in [0, 0.05) is 275 Å². The molecule has 20 rings (SSSR count). The molecular formula is C95H116N36OS5. The first-order valence-corrected chi connectivity index (χ1v) is 50.3. The van der Waals surface area contributed by atoms with Crippen LogP contribution in [-0.4, -0.2) is 305 Å². The summed E-state index contributed by atoms with van der Waals surface area (Å²) in [6.45, 7) is 38.5. The largest absolute Gasteiger partial charge is 0.395 e. The Labute approximate surface area is 818 Å². The molecule has 0 aliphatic carbocycles. The van der Waals surface area contributed by atoms with Gasteiger partial charge in [-0.25, -0.2) is 84.7 Å². The predicted molar refractivity (Wildman–Crippen MR) is 552 cm³/mol. The molecule has 712 valence electrons. The normalized spacial score (nSPS) is 15.1. The van der Waals surface area contributed by atoms with Crippen LogP contribution in [0.25, 0.3) is 53.0 Å². The number of likely N-dealkylation sites (N-methyl/N-ethyl adjacent to an activating group) is 3. The molecule has 5 aliphatic heterocycles. The lowest BCUT2D eigenvalue weighted by atomic mass is 10.0. The average molecular weight is 1940 g/mol. The van der Waals surface area contributed by atoms with Crippen LogP contribution in [0.3, 0.4) is 0 Å². The number of thiazole rings is 5. The van der Waals surface area contributed by atoms with Gasteiger partial charge in [0.15, 0.2) is 25.7 Å². The maximum absolute atomic E-state index is 9.10. The zero-order valence-electron chi connectivity index (χ0n) is 78.9. The van der Waals surface area contributed by atoms with E-state index in [1.807, 2.05) is 162 Å². The van der Waals surface area contributed by atoms with Crippen molar-refractivity contribution in [2.45, 2.75) is 74.3 Å². The molecule has 0 bridgehead atoms.